The van der Waals surface area contributed by atoms with E-state index in [1.807, 2.05) is 40.2 Å². The molecule has 0 radical (unpaired) electrons. The van der Waals surface area contributed by atoms with E-state index in [0.717, 1.165) is 27.7 Å². The lowest BCUT2D eigenvalue weighted by Gasteiger charge is -2.07. The number of nitrogens with one attached hydrogen (secondary N) is 1. The Bertz CT molecular complexity index is 1170. The second-order valence-corrected chi connectivity index (χ2v) is 7.77. The van der Waals surface area contributed by atoms with Gasteiger partial charge in [0.2, 0.25) is 5.91 Å². The molecule has 4 rings (SSSR count). The Morgan fingerprint density at radius 1 is 1.25 bits per heavy atom. The largest absolute Gasteiger partial charge is 0.497 e. The van der Waals surface area contributed by atoms with Crippen molar-refractivity contribution in [1.82, 2.24) is 9.38 Å². The third-order valence-electron chi connectivity index (χ3n) is 4.19. The first-order valence-corrected chi connectivity index (χ1v) is 10.0. The van der Waals surface area contributed by atoms with Crippen LogP contribution in [0.1, 0.15) is 5.69 Å². The van der Waals surface area contributed by atoms with Crippen LogP contribution in [0.15, 0.2) is 54.0 Å². The van der Waals surface area contributed by atoms with Gasteiger partial charge in [-0.2, -0.15) is 0 Å². The fraction of sp³-hybridized carbons (Fsp3) is 0.100. The molecule has 4 aromatic rings. The highest BCUT2D eigenvalue weighted by Crippen LogP contribution is 2.28. The zero-order valence-corrected chi connectivity index (χ0v) is 17.1. The monoisotopic (exact) mass is 431 g/mol. The van der Waals surface area contributed by atoms with Crippen LogP contribution in [-0.4, -0.2) is 22.4 Å². The zero-order valence-electron chi connectivity index (χ0n) is 14.8. The summed E-state index contributed by atoms with van der Waals surface area (Å²) in [5, 5.41) is 5.68. The van der Waals surface area contributed by atoms with Crippen LogP contribution in [0.3, 0.4) is 0 Å². The number of rotatable bonds is 5. The lowest BCUT2D eigenvalue weighted by atomic mass is 10.1. The van der Waals surface area contributed by atoms with E-state index in [1.54, 1.807) is 25.3 Å². The summed E-state index contributed by atoms with van der Waals surface area (Å²) in [5.74, 6) is 0.590. The summed E-state index contributed by atoms with van der Waals surface area (Å²) in [4.78, 5) is 18.0. The predicted molar refractivity (Wildman–Crippen MR) is 114 cm³/mol. The van der Waals surface area contributed by atoms with Crippen molar-refractivity contribution in [2.24, 2.45) is 0 Å². The number of thiazole rings is 1. The quantitative estimate of drug-likeness (QED) is 0.449. The van der Waals surface area contributed by atoms with Crippen LogP contribution in [0.4, 0.5) is 5.69 Å². The Balaban J connectivity index is 1.57. The normalized spacial score (nSPS) is 11.0. The summed E-state index contributed by atoms with van der Waals surface area (Å²) in [6, 6.07) is 12.7. The first-order valence-electron chi connectivity index (χ1n) is 8.38. The Hall–Kier alpha value is -2.54. The molecule has 0 fully saturated rings. The van der Waals surface area contributed by atoms with Crippen LogP contribution < -0.4 is 10.1 Å². The smallest absolute Gasteiger partial charge is 0.230 e. The molecular weight excluding hydrogens is 417 g/mol. The molecule has 142 valence electrons. The molecule has 0 aliphatic rings. The number of imidazole rings is 1. The van der Waals surface area contributed by atoms with E-state index in [1.165, 1.54) is 11.3 Å². The van der Waals surface area contributed by atoms with Crippen molar-refractivity contribution in [2.45, 2.75) is 6.42 Å². The summed E-state index contributed by atoms with van der Waals surface area (Å²) in [6.07, 6.45) is 2.12. The molecule has 0 saturated carbocycles. The molecule has 0 spiro atoms. The summed E-state index contributed by atoms with van der Waals surface area (Å²) in [6.45, 7) is 0. The maximum absolute atomic E-state index is 12.5. The molecule has 0 aliphatic heterocycles. The van der Waals surface area contributed by atoms with Crippen molar-refractivity contribution in [2.75, 3.05) is 12.4 Å². The number of ether oxygens (including phenoxy) is 1. The number of hydrogen-bond donors (Lipinski definition) is 1. The average molecular weight is 432 g/mol. The van der Waals surface area contributed by atoms with Gasteiger partial charge in [-0.25, -0.2) is 4.98 Å². The van der Waals surface area contributed by atoms with Gasteiger partial charge in [-0.05, 0) is 30.3 Å². The molecule has 0 bridgehead atoms. The second kappa shape index (κ2) is 7.83. The molecule has 5 nitrogen and oxygen atoms in total. The molecule has 2 aromatic carbocycles. The molecule has 1 N–H and O–H groups in total. The van der Waals surface area contributed by atoms with Gasteiger partial charge in [-0.1, -0.05) is 35.3 Å². The van der Waals surface area contributed by atoms with Crippen molar-refractivity contribution in [1.29, 1.82) is 0 Å². The number of methoxy groups -OCH3 is 1. The minimum atomic E-state index is -0.180. The number of aromatic nitrogens is 2. The molecule has 0 saturated heterocycles. The highest BCUT2D eigenvalue weighted by atomic mass is 35.5. The number of carbonyl (C=O) groups is 1. The highest BCUT2D eigenvalue weighted by Gasteiger charge is 2.14. The number of anilines is 1. The van der Waals surface area contributed by atoms with Crippen molar-refractivity contribution in [3.63, 3.8) is 0 Å². The molecule has 2 heterocycles. The molecule has 0 aliphatic carbocycles. The number of benzene rings is 2. The number of fused-ring (bicyclic) bond motifs is 1. The van der Waals surface area contributed by atoms with Gasteiger partial charge < -0.3 is 10.1 Å². The van der Waals surface area contributed by atoms with Crippen LogP contribution in [0, 0.1) is 0 Å². The van der Waals surface area contributed by atoms with E-state index in [9.17, 15) is 4.79 Å². The topological polar surface area (TPSA) is 55.6 Å². The summed E-state index contributed by atoms with van der Waals surface area (Å²) in [5.41, 5.74) is 3.12. The summed E-state index contributed by atoms with van der Waals surface area (Å²) >= 11 is 13.6. The number of hydrogen-bond acceptors (Lipinski definition) is 4. The maximum atomic E-state index is 12.5. The van der Waals surface area contributed by atoms with Crippen molar-refractivity contribution >= 4 is 51.1 Å². The van der Waals surface area contributed by atoms with E-state index < -0.39 is 0 Å². The van der Waals surface area contributed by atoms with Gasteiger partial charge in [0, 0.05) is 27.9 Å². The average Bonchev–Trinajstić information content (AvgIpc) is 3.27. The molecular formula is C20H15Cl2N3O2S. The third kappa shape index (κ3) is 3.85. The number of carbonyl (C=O) groups excluding carboxylic acids is 1. The molecule has 0 unspecified atom stereocenters. The van der Waals surface area contributed by atoms with Crippen LogP contribution in [0.5, 0.6) is 5.75 Å². The molecule has 0 atom stereocenters. The fourth-order valence-corrected chi connectivity index (χ4v) is 4.04. The van der Waals surface area contributed by atoms with Crippen molar-refractivity contribution in [3.05, 3.63) is 69.8 Å². The Morgan fingerprint density at radius 3 is 2.93 bits per heavy atom. The second-order valence-electron chi connectivity index (χ2n) is 6.09. The summed E-state index contributed by atoms with van der Waals surface area (Å²) < 4.78 is 7.21. The highest BCUT2D eigenvalue weighted by molar-refractivity contribution is 7.15. The van der Waals surface area contributed by atoms with E-state index in [-0.39, 0.29) is 12.3 Å². The molecule has 28 heavy (non-hydrogen) atoms. The van der Waals surface area contributed by atoms with Gasteiger partial charge in [-0.15, -0.1) is 11.3 Å². The van der Waals surface area contributed by atoms with Gasteiger partial charge in [-0.3, -0.25) is 9.20 Å². The van der Waals surface area contributed by atoms with Gasteiger partial charge in [0.05, 0.1) is 29.9 Å². The number of nitrogens with zero attached hydrogens (tertiary/aromatic N) is 2. The van der Waals surface area contributed by atoms with E-state index in [2.05, 4.69) is 10.3 Å². The Morgan fingerprint density at radius 2 is 2.11 bits per heavy atom. The predicted octanol–water partition coefficient (Wildman–Crippen LogP) is 5.56. The van der Waals surface area contributed by atoms with Crippen LogP contribution in [0.25, 0.3) is 16.2 Å². The van der Waals surface area contributed by atoms with Crippen molar-refractivity contribution < 1.29 is 9.53 Å². The number of halogens is 2. The third-order valence-corrected chi connectivity index (χ3v) is 5.65. The van der Waals surface area contributed by atoms with Crippen molar-refractivity contribution in [3.8, 4) is 17.0 Å². The lowest BCUT2D eigenvalue weighted by molar-refractivity contribution is -0.115. The van der Waals surface area contributed by atoms with Gasteiger partial charge in [0.15, 0.2) is 4.96 Å². The first-order chi connectivity index (χ1) is 13.5. The van der Waals surface area contributed by atoms with Crippen LogP contribution >= 0.6 is 34.5 Å². The Labute approximate surface area is 175 Å². The minimum Gasteiger partial charge on any atom is -0.497 e. The van der Waals surface area contributed by atoms with Gasteiger partial charge in [0.25, 0.3) is 0 Å². The number of amides is 1. The Kier molecular flexibility index (Phi) is 5.26. The molecule has 1 amide bonds. The first kappa shape index (κ1) is 18.8. The standard InChI is InChI=1S/C20H15Cl2N3O2S/c1-27-15-4-2-3-12(7-15)18-10-25-14(11-28-20(25)24-18)9-19(26)23-17-8-13(21)5-6-16(17)22/h2-8,10-11H,9H2,1H3,(H,23,26). The van der Waals surface area contributed by atoms with Crippen LogP contribution in [0.2, 0.25) is 10.0 Å². The molecule has 8 heteroatoms. The zero-order chi connectivity index (χ0) is 19.7. The fourth-order valence-electron chi connectivity index (χ4n) is 2.83. The SMILES string of the molecule is COc1cccc(-c2cn3c(CC(=O)Nc4cc(Cl)ccc4Cl)csc3n2)c1. The van der Waals surface area contributed by atoms with Crippen LogP contribution in [-0.2, 0) is 11.2 Å². The van der Waals surface area contributed by atoms with E-state index in [4.69, 9.17) is 27.9 Å². The van der Waals surface area contributed by atoms with E-state index >= 15 is 0 Å². The maximum Gasteiger partial charge on any atom is 0.230 e. The van der Waals surface area contributed by atoms with Gasteiger partial charge >= 0.3 is 0 Å². The van der Waals surface area contributed by atoms with Gasteiger partial charge in [0.1, 0.15) is 5.75 Å². The van der Waals surface area contributed by atoms with E-state index in [0.29, 0.717) is 15.7 Å². The minimum absolute atomic E-state index is 0.180. The molecule has 2 aromatic heterocycles. The lowest BCUT2D eigenvalue weighted by Crippen LogP contribution is -2.15. The summed E-state index contributed by atoms with van der Waals surface area (Å²) in [7, 11) is 1.63.